The van der Waals surface area contributed by atoms with Gasteiger partial charge in [0.15, 0.2) is 5.43 Å². The number of hydrogen-bond acceptors (Lipinski definition) is 11. The minimum atomic E-state index is -1.75. The molecule has 0 unspecified atom stereocenters. The predicted molar refractivity (Wildman–Crippen MR) is 111 cm³/mol. The number of benzene rings is 2. The van der Waals surface area contributed by atoms with E-state index in [2.05, 4.69) is 26.0 Å². The largest absolute Gasteiger partial charge is 3.00 e. The Morgan fingerprint density at radius 2 is 1.16 bits per heavy atom. The fraction of sp³-hybridized carbons (Fsp3) is 0.188. The second-order valence-electron chi connectivity index (χ2n) is 5.51. The smallest absolute Gasteiger partial charge is 0.356 e. The van der Waals surface area contributed by atoms with E-state index in [0.717, 1.165) is 20.2 Å². The third-order valence-corrected chi connectivity index (χ3v) is 4.42. The maximum absolute atomic E-state index is 12.5. The Labute approximate surface area is 205 Å². The van der Waals surface area contributed by atoms with Crippen molar-refractivity contribution >= 4 is 31.5 Å². The van der Waals surface area contributed by atoms with Gasteiger partial charge in [-0.25, -0.2) is 0 Å². The van der Waals surface area contributed by atoms with Gasteiger partial charge in [0, 0.05) is 20.2 Å². The fourth-order valence-corrected chi connectivity index (χ4v) is 3.23. The van der Waals surface area contributed by atoms with Gasteiger partial charge < -0.3 is 46.0 Å². The molecule has 0 aliphatic rings. The minimum absolute atomic E-state index is 0. The van der Waals surface area contributed by atoms with Crippen molar-refractivity contribution in [2.24, 2.45) is 0 Å². The van der Waals surface area contributed by atoms with Gasteiger partial charge >= 0.3 is 35.6 Å². The van der Waals surface area contributed by atoms with E-state index >= 15 is 0 Å². The fourth-order valence-electron chi connectivity index (χ4n) is 2.18. The van der Waals surface area contributed by atoms with Gasteiger partial charge in [-0.05, 0) is 35.7 Å². The molecule has 0 fully saturated rings. The van der Waals surface area contributed by atoms with E-state index in [0.29, 0.717) is 5.92 Å². The average molecular weight is 579 g/mol. The Hall–Kier alpha value is -2.88. The maximum atomic E-state index is 12.5. The molecule has 0 aliphatic heterocycles. The van der Waals surface area contributed by atoms with E-state index < -0.39 is 15.3 Å². The summed E-state index contributed by atoms with van der Waals surface area (Å²) in [6.07, 6.45) is 0. The molecule has 0 spiro atoms. The summed E-state index contributed by atoms with van der Waals surface area (Å²) in [4.78, 5) is 37.2. The van der Waals surface area contributed by atoms with Gasteiger partial charge in [-0.2, -0.15) is 0 Å². The second kappa shape index (κ2) is 15.0. The summed E-state index contributed by atoms with van der Waals surface area (Å²) < 4.78 is 2.13. The third-order valence-electron chi connectivity index (χ3n) is 3.27. The quantitative estimate of drug-likeness (QED) is 0.231. The number of fused-ring (bicyclic) bond motifs is 2. The van der Waals surface area contributed by atoms with Crippen LogP contribution in [-0.2, 0) is 0 Å². The van der Waals surface area contributed by atoms with Gasteiger partial charge in [0.05, 0.1) is 15.3 Å². The molecular weight excluding hydrogens is 565 g/mol. The van der Waals surface area contributed by atoms with Gasteiger partial charge in [-0.15, -0.1) is 11.3 Å². The van der Waals surface area contributed by atoms with Crippen LogP contribution in [-0.4, -0.2) is 15.3 Å². The zero-order chi connectivity index (χ0) is 23.4. The van der Waals surface area contributed by atoms with Crippen LogP contribution in [0.5, 0.6) is 0 Å². The van der Waals surface area contributed by atoms with Crippen LogP contribution >= 0.6 is 11.3 Å². The van der Waals surface area contributed by atoms with E-state index in [1.165, 1.54) is 5.56 Å². The van der Waals surface area contributed by atoms with Crippen molar-refractivity contribution in [3.63, 3.8) is 0 Å². The molecular formula is C16H14LaN3O10S. The topological polar surface area (TPSA) is 216 Å². The Balaban J connectivity index is 0. The standard InChI is InChI=1S/C16H14OS.La.3NO3/c1-10(2)11-7-8-15-13(9-11)16(17)12-5-3-4-6-14(12)18-15;;3*2-1(3)4/h3-10H,1-2H3;;;;/q;+3;3*-1. The summed E-state index contributed by atoms with van der Waals surface area (Å²) in [7, 11) is 0. The molecule has 0 N–H and O–H groups in total. The first-order valence-corrected chi connectivity index (χ1v) is 8.58. The number of hydrogen-bond donors (Lipinski definition) is 0. The van der Waals surface area contributed by atoms with Crippen LogP contribution in [0.15, 0.2) is 47.3 Å². The number of nitrogens with zero attached hydrogens (tertiary/aromatic N) is 3. The van der Waals surface area contributed by atoms with Crippen molar-refractivity contribution in [3.8, 4) is 0 Å². The van der Waals surface area contributed by atoms with Gasteiger partial charge in [0.1, 0.15) is 0 Å². The van der Waals surface area contributed by atoms with Crippen LogP contribution in [0.1, 0.15) is 25.3 Å². The molecule has 3 rings (SSSR count). The summed E-state index contributed by atoms with van der Waals surface area (Å²) >= 11 is 1.69. The molecule has 162 valence electrons. The molecule has 0 amide bonds. The van der Waals surface area contributed by atoms with Gasteiger partial charge in [-0.3, -0.25) is 4.79 Å². The van der Waals surface area contributed by atoms with Crippen LogP contribution in [0.2, 0.25) is 0 Å². The van der Waals surface area contributed by atoms with Crippen LogP contribution in [0.25, 0.3) is 20.2 Å². The molecule has 0 bridgehead atoms. The summed E-state index contributed by atoms with van der Waals surface area (Å²) in [5, 5.41) is 45.9. The van der Waals surface area contributed by atoms with E-state index in [4.69, 9.17) is 46.0 Å². The van der Waals surface area contributed by atoms with Gasteiger partial charge in [0.25, 0.3) is 0 Å². The van der Waals surface area contributed by atoms with Crippen molar-refractivity contribution in [1.82, 2.24) is 0 Å². The first kappa shape index (κ1) is 30.3. The Morgan fingerprint density at radius 1 is 0.742 bits per heavy atom. The van der Waals surface area contributed by atoms with E-state index in [9.17, 15) is 4.79 Å². The molecule has 1 aromatic heterocycles. The zero-order valence-electron chi connectivity index (χ0n) is 16.0. The molecule has 1 heterocycles. The van der Waals surface area contributed by atoms with Crippen molar-refractivity contribution in [2.45, 2.75) is 19.8 Å². The van der Waals surface area contributed by atoms with Crippen molar-refractivity contribution in [3.05, 3.63) is 104 Å². The molecule has 0 saturated heterocycles. The van der Waals surface area contributed by atoms with Crippen LogP contribution in [0.4, 0.5) is 0 Å². The predicted octanol–water partition coefficient (Wildman–Crippen LogP) is 3.82. The first-order chi connectivity index (χ1) is 13.9. The van der Waals surface area contributed by atoms with E-state index in [1.807, 2.05) is 30.3 Å². The van der Waals surface area contributed by atoms with Gasteiger partial charge in [0.2, 0.25) is 0 Å². The molecule has 0 atom stereocenters. The molecule has 2 aromatic carbocycles. The molecule has 0 radical (unpaired) electrons. The molecule has 0 saturated carbocycles. The van der Waals surface area contributed by atoms with Crippen molar-refractivity contribution in [1.29, 1.82) is 0 Å². The van der Waals surface area contributed by atoms with Crippen molar-refractivity contribution < 1.29 is 50.9 Å². The van der Waals surface area contributed by atoms with E-state index in [-0.39, 0.29) is 41.0 Å². The second-order valence-corrected chi connectivity index (χ2v) is 6.59. The van der Waals surface area contributed by atoms with Crippen LogP contribution in [0.3, 0.4) is 0 Å². The van der Waals surface area contributed by atoms with E-state index in [1.54, 1.807) is 11.3 Å². The maximum Gasteiger partial charge on any atom is 3.00 e. The molecule has 3 aromatic rings. The Kier molecular flexibility index (Phi) is 14.7. The molecule has 15 heteroatoms. The average Bonchev–Trinajstić information content (AvgIpc) is 2.60. The molecule has 31 heavy (non-hydrogen) atoms. The Morgan fingerprint density at radius 3 is 1.61 bits per heavy atom. The first-order valence-electron chi connectivity index (χ1n) is 7.76. The summed E-state index contributed by atoms with van der Waals surface area (Å²) in [6, 6.07) is 14.1. The zero-order valence-corrected chi connectivity index (χ0v) is 20.5. The number of rotatable bonds is 1. The third kappa shape index (κ3) is 12.4. The van der Waals surface area contributed by atoms with Gasteiger partial charge in [-0.1, -0.05) is 32.0 Å². The Bertz CT molecular complexity index is 1050. The molecule has 13 nitrogen and oxygen atoms in total. The minimum Gasteiger partial charge on any atom is -0.356 e. The van der Waals surface area contributed by atoms with Crippen molar-refractivity contribution in [2.75, 3.05) is 0 Å². The normalized spacial score (nSPS) is 9.00. The summed E-state index contributed by atoms with van der Waals surface area (Å²) in [5.74, 6) is 0.449. The van der Waals surface area contributed by atoms with Crippen LogP contribution < -0.4 is 5.43 Å². The summed E-state index contributed by atoms with van der Waals surface area (Å²) in [5.41, 5.74) is 1.38. The SMILES string of the molecule is CC(C)c1ccc2sc3ccccc3c(=O)c2c1.O=[N+]([O-])[O-].O=[N+]([O-])[O-].O=[N+]([O-])[O-].[La+3]. The molecule has 0 aliphatic carbocycles. The summed E-state index contributed by atoms with van der Waals surface area (Å²) in [6.45, 7) is 4.30. The monoisotopic (exact) mass is 579 g/mol. The van der Waals surface area contributed by atoms with Crippen LogP contribution in [0, 0.1) is 81.6 Å².